The van der Waals surface area contributed by atoms with Crippen molar-refractivity contribution in [3.63, 3.8) is 0 Å². The topological polar surface area (TPSA) is 26.3 Å². The molecule has 0 radical (unpaired) electrons. The Balaban J connectivity index is 2.60. The third-order valence-corrected chi connectivity index (χ3v) is 2.84. The van der Waals surface area contributed by atoms with Crippen molar-refractivity contribution in [2.45, 2.75) is 5.60 Å². The van der Waals surface area contributed by atoms with E-state index < -0.39 is 5.60 Å². The Morgan fingerprint density at radius 3 is 1.67 bits per heavy atom. The molecule has 0 bridgehead atoms. The third-order valence-electron chi connectivity index (χ3n) is 2.84. The van der Waals surface area contributed by atoms with Crippen LogP contribution >= 0.6 is 0 Å². The van der Waals surface area contributed by atoms with E-state index in [0.29, 0.717) is 0 Å². The molecule has 18 heavy (non-hydrogen) atoms. The lowest BCUT2D eigenvalue weighted by atomic mass is 9.87. The van der Waals surface area contributed by atoms with Gasteiger partial charge in [-0.1, -0.05) is 67.2 Å². The molecule has 0 aliphatic rings. The van der Waals surface area contributed by atoms with Crippen LogP contribution in [0.5, 0.6) is 0 Å². The van der Waals surface area contributed by atoms with E-state index in [1.807, 2.05) is 60.7 Å². The van der Waals surface area contributed by atoms with Crippen molar-refractivity contribution in [1.82, 2.24) is 0 Å². The molecule has 0 aliphatic heterocycles. The van der Waals surface area contributed by atoms with Gasteiger partial charge < -0.3 is 4.74 Å². The number of rotatable bonds is 5. The number of carbonyl (C=O) groups excluding carboxylic acids is 1. The van der Waals surface area contributed by atoms with Crippen LogP contribution in [-0.2, 0) is 15.1 Å². The Bertz CT molecular complexity index is 478. The van der Waals surface area contributed by atoms with Gasteiger partial charge in [0.2, 0.25) is 5.60 Å². The number of aldehydes is 1. The van der Waals surface area contributed by atoms with Crippen molar-refractivity contribution in [2.75, 3.05) is 0 Å². The van der Waals surface area contributed by atoms with E-state index >= 15 is 0 Å². The average molecular weight is 238 g/mol. The largest absolute Gasteiger partial charge is 0.478 e. The predicted molar refractivity (Wildman–Crippen MR) is 71.0 cm³/mol. The van der Waals surface area contributed by atoms with Crippen LogP contribution in [0, 0.1) is 0 Å². The summed E-state index contributed by atoms with van der Waals surface area (Å²) in [5.74, 6) is 0. The second kappa shape index (κ2) is 5.32. The molecular formula is C16H14O2. The van der Waals surface area contributed by atoms with Gasteiger partial charge in [-0.05, 0) is 0 Å². The van der Waals surface area contributed by atoms with E-state index in [1.54, 1.807) is 0 Å². The Kier molecular flexibility index (Phi) is 3.58. The van der Waals surface area contributed by atoms with Crippen LogP contribution in [0.15, 0.2) is 73.5 Å². The number of carbonyl (C=O) groups is 1. The highest BCUT2D eigenvalue weighted by atomic mass is 16.5. The SMILES string of the molecule is C=COC(C=O)(c1ccccc1)c1ccccc1. The van der Waals surface area contributed by atoms with Crippen LogP contribution < -0.4 is 0 Å². The maximum atomic E-state index is 11.6. The quantitative estimate of drug-likeness (QED) is 0.590. The van der Waals surface area contributed by atoms with E-state index in [-0.39, 0.29) is 0 Å². The molecule has 2 nitrogen and oxygen atoms in total. The first-order chi connectivity index (χ1) is 8.83. The van der Waals surface area contributed by atoms with E-state index in [9.17, 15) is 4.79 Å². The monoisotopic (exact) mass is 238 g/mol. The molecular weight excluding hydrogens is 224 g/mol. The van der Waals surface area contributed by atoms with Crippen LogP contribution in [0.25, 0.3) is 0 Å². The highest BCUT2D eigenvalue weighted by Gasteiger charge is 2.35. The molecule has 2 aromatic rings. The van der Waals surface area contributed by atoms with Gasteiger partial charge in [0.1, 0.15) is 0 Å². The minimum Gasteiger partial charge on any atom is -0.478 e. The van der Waals surface area contributed by atoms with Gasteiger partial charge >= 0.3 is 0 Å². The van der Waals surface area contributed by atoms with Crippen molar-refractivity contribution in [2.24, 2.45) is 0 Å². The zero-order chi connectivity index (χ0) is 12.8. The van der Waals surface area contributed by atoms with Gasteiger partial charge in [0.05, 0.1) is 6.26 Å². The fourth-order valence-electron chi connectivity index (χ4n) is 1.97. The summed E-state index contributed by atoms with van der Waals surface area (Å²) in [6.45, 7) is 3.56. The summed E-state index contributed by atoms with van der Waals surface area (Å²) in [6.07, 6.45) is 2.10. The van der Waals surface area contributed by atoms with Gasteiger partial charge in [-0.15, -0.1) is 0 Å². The van der Waals surface area contributed by atoms with Crippen molar-refractivity contribution < 1.29 is 9.53 Å². The van der Waals surface area contributed by atoms with Crippen molar-refractivity contribution in [3.05, 3.63) is 84.6 Å². The van der Waals surface area contributed by atoms with E-state index in [2.05, 4.69) is 6.58 Å². The lowest BCUT2D eigenvalue weighted by Gasteiger charge is -2.28. The van der Waals surface area contributed by atoms with Gasteiger partial charge in [0.25, 0.3) is 0 Å². The maximum Gasteiger partial charge on any atom is 0.213 e. The maximum absolute atomic E-state index is 11.6. The van der Waals surface area contributed by atoms with Crippen molar-refractivity contribution >= 4 is 6.29 Å². The van der Waals surface area contributed by atoms with Crippen LogP contribution in [0.2, 0.25) is 0 Å². The molecule has 0 unspecified atom stereocenters. The lowest BCUT2D eigenvalue weighted by Crippen LogP contribution is -2.31. The van der Waals surface area contributed by atoms with Gasteiger partial charge in [-0.3, -0.25) is 4.79 Å². The van der Waals surface area contributed by atoms with E-state index in [4.69, 9.17) is 4.74 Å². The summed E-state index contributed by atoms with van der Waals surface area (Å²) in [5.41, 5.74) is 0.446. The Morgan fingerprint density at radius 1 is 0.889 bits per heavy atom. The summed E-state index contributed by atoms with van der Waals surface area (Å²) in [7, 11) is 0. The molecule has 0 amide bonds. The molecule has 0 aliphatic carbocycles. The van der Waals surface area contributed by atoms with Crippen LogP contribution in [0.3, 0.4) is 0 Å². The minimum atomic E-state index is -1.12. The number of ether oxygens (including phenoxy) is 1. The highest BCUT2D eigenvalue weighted by molar-refractivity contribution is 5.72. The fraction of sp³-hybridized carbons (Fsp3) is 0.0625. The smallest absolute Gasteiger partial charge is 0.213 e. The zero-order valence-corrected chi connectivity index (χ0v) is 9.95. The van der Waals surface area contributed by atoms with E-state index in [1.165, 1.54) is 6.26 Å². The predicted octanol–water partition coefficient (Wildman–Crippen LogP) is 3.29. The number of hydrogen-bond donors (Lipinski definition) is 0. The molecule has 2 rings (SSSR count). The van der Waals surface area contributed by atoms with E-state index in [0.717, 1.165) is 17.4 Å². The molecule has 2 aromatic carbocycles. The first-order valence-electron chi connectivity index (χ1n) is 5.69. The average Bonchev–Trinajstić information content (AvgIpc) is 2.47. The Labute approximate surface area is 107 Å². The molecule has 0 fully saturated rings. The van der Waals surface area contributed by atoms with Crippen LogP contribution in [-0.4, -0.2) is 6.29 Å². The number of benzene rings is 2. The van der Waals surface area contributed by atoms with Crippen LogP contribution in [0.1, 0.15) is 11.1 Å². The van der Waals surface area contributed by atoms with Gasteiger partial charge in [-0.2, -0.15) is 0 Å². The second-order valence-corrected chi connectivity index (χ2v) is 3.87. The molecule has 2 heteroatoms. The third kappa shape index (κ3) is 2.05. The lowest BCUT2D eigenvalue weighted by molar-refractivity contribution is -0.121. The van der Waals surface area contributed by atoms with Gasteiger partial charge in [0.15, 0.2) is 6.29 Å². The first-order valence-corrected chi connectivity index (χ1v) is 5.69. The molecule has 90 valence electrons. The standard InChI is InChI=1S/C16H14O2/c1-2-18-16(13-17,14-9-5-3-6-10-14)15-11-7-4-8-12-15/h2-13H,1H2. The molecule has 0 spiro atoms. The van der Waals surface area contributed by atoms with Gasteiger partial charge in [0, 0.05) is 11.1 Å². The fourth-order valence-corrected chi connectivity index (χ4v) is 1.97. The Hall–Kier alpha value is -2.35. The van der Waals surface area contributed by atoms with Gasteiger partial charge in [-0.25, -0.2) is 0 Å². The summed E-state index contributed by atoms with van der Waals surface area (Å²) in [5, 5.41) is 0. The van der Waals surface area contributed by atoms with Crippen molar-refractivity contribution in [1.29, 1.82) is 0 Å². The normalized spacial score (nSPS) is 10.7. The molecule has 0 aromatic heterocycles. The first kappa shape index (κ1) is 12.1. The Morgan fingerprint density at radius 2 is 1.33 bits per heavy atom. The second-order valence-electron chi connectivity index (χ2n) is 3.87. The zero-order valence-electron chi connectivity index (χ0n) is 9.95. The van der Waals surface area contributed by atoms with Crippen LogP contribution in [0.4, 0.5) is 0 Å². The molecule has 0 heterocycles. The molecule has 0 saturated carbocycles. The highest BCUT2D eigenvalue weighted by Crippen LogP contribution is 2.31. The minimum absolute atomic E-state index is 0.783. The summed E-state index contributed by atoms with van der Waals surface area (Å²) in [4.78, 5) is 11.6. The molecule has 0 N–H and O–H groups in total. The summed E-state index contributed by atoms with van der Waals surface area (Å²) >= 11 is 0. The molecule has 0 saturated heterocycles. The molecule has 0 atom stereocenters. The van der Waals surface area contributed by atoms with Crippen molar-refractivity contribution in [3.8, 4) is 0 Å². The summed E-state index contributed by atoms with van der Waals surface area (Å²) < 4.78 is 5.55. The number of hydrogen-bond acceptors (Lipinski definition) is 2. The summed E-state index contributed by atoms with van der Waals surface area (Å²) in [6, 6.07) is 18.8.